The van der Waals surface area contributed by atoms with E-state index in [1.807, 2.05) is 20.0 Å². The Bertz CT molecular complexity index is 420. The lowest BCUT2D eigenvalue weighted by Gasteiger charge is -2.32. The van der Waals surface area contributed by atoms with Crippen LogP contribution in [0.3, 0.4) is 0 Å². The first-order valence-corrected chi connectivity index (χ1v) is 6.93. The Hall–Kier alpha value is -1.40. The van der Waals surface area contributed by atoms with Crippen molar-refractivity contribution in [2.75, 3.05) is 44.9 Å². The van der Waals surface area contributed by atoms with Crippen molar-refractivity contribution in [1.82, 2.24) is 14.9 Å². The lowest BCUT2D eigenvalue weighted by molar-refractivity contribution is 0.128. The fraction of sp³-hybridized carbons (Fsp3) is 0.714. The molecule has 114 valence electrons. The minimum Gasteiger partial charge on any atom is -0.374 e. The summed E-state index contributed by atoms with van der Waals surface area (Å²) < 4.78 is 5.37. The summed E-state index contributed by atoms with van der Waals surface area (Å²) in [7, 11) is 5.99. The Morgan fingerprint density at radius 3 is 2.45 bits per heavy atom. The molecule has 0 spiro atoms. The molecule has 2 N–H and O–H groups in total. The molecule has 0 unspecified atom stereocenters. The van der Waals surface area contributed by atoms with Crippen molar-refractivity contribution in [3.05, 3.63) is 11.9 Å². The third-order valence-corrected chi connectivity index (χ3v) is 3.38. The first-order chi connectivity index (χ1) is 9.39. The molecule has 0 fully saturated rings. The van der Waals surface area contributed by atoms with Crippen LogP contribution in [0.5, 0.6) is 0 Å². The van der Waals surface area contributed by atoms with Gasteiger partial charge in [-0.2, -0.15) is 0 Å². The van der Waals surface area contributed by atoms with Gasteiger partial charge in [0.15, 0.2) is 5.82 Å². The van der Waals surface area contributed by atoms with Crippen LogP contribution in [0.2, 0.25) is 0 Å². The molecule has 6 nitrogen and oxygen atoms in total. The van der Waals surface area contributed by atoms with E-state index in [0.717, 1.165) is 18.2 Å². The SMILES string of the molecule is CCOCc1nc(NC)cc(NCC(C)(C)N(C)C)n1. The standard InChI is InChI=1S/C14H27N5O/c1-7-20-9-13-17-11(15-4)8-12(18-13)16-10-14(2,3)19(5)6/h8H,7,9-10H2,1-6H3,(H2,15,16,17,18). The van der Waals surface area contributed by atoms with Crippen LogP contribution in [-0.4, -0.2) is 54.7 Å². The second-order valence-corrected chi connectivity index (χ2v) is 5.50. The minimum atomic E-state index is 0.0465. The topological polar surface area (TPSA) is 62.3 Å². The number of ether oxygens (including phenoxy) is 1. The summed E-state index contributed by atoms with van der Waals surface area (Å²) in [5.41, 5.74) is 0.0465. The third-order valence-electron chi connectivity index (χ3n) is 3.38. The molecule has 1 aromatic heterocycles. The smallest absolute Gasteiger partial charge is 0.158 e. The largest absolute Gasteiger partial charge is 0.374 e. The van der Waals surface area contributed by atoms with Gasteiger partial charge in [-0.15, -0.1) is 0 Å². The Morgan fingerprint density at radius 1 is 1.25 bits per heavy atom. The highest BCUT2D eigenvalue weighted by Gasteiger charge is 2.20. The fourth-order valence-corrected chi connectivity index (χ4v) is 1.44. The average Bonchev–Trinajstić information content (AvgIpc) is 2.42. The molecule has 0 saturated carbocycles. The normalized spacial score (nSPS) is 11.8. The molecular formula is C14H27N5O. The van der Waals surface area contributed by atoms with Crippen LogP contribution in [0, 0.1) is 0 Å². The van der Waals surface area contributed by atoms with Gasteiger partial charge < -0.3 is 20.3 Å². The predicted octanol–water partition coefficient (Wildman–Crippen LogP) is 1.81. The number of aromatic nitrogens is 2. The van der Waals surface area contributed by atoms with Crippen molar-refractivity contribution in [2.24, 2.45) is 0 Å². The average molecular weight is 281 g/mol. The Labute approximate surface area is 121 Å². The zero-order valence-corrected chi connectivity index (χ0v) is 13.4. The van der Waals surface area contributed by atoms with E-state index >= 15 is 0 Å². The van der Waals surface area contributed by atoms with Gasteiger partial charge in [-0.3, -0.25) is 0 Å². The molecule has 0 aliphatic heterocycles. The Kier molecular flexibility index (Phi) is 6.16. The molecule has 0 aliphatic rings. The van der Waals surface area contributed by atoms with Gasteiger partial charge in [-0.25, -0.2) is 9.97 Å². The fourth-order valence-electron chi connectivity index (χ4n) is 1.44. The maximum absolute atomic E-state index is 5.37. The number of nitrogens with zero attached hydrogens (tertiary/aromatic N) is 3. The van der Waals surface area contributed by atoms with E-state index in [4.69, 9.17) is 4.74 Å². The molecule has 0 aromatic carbocycles. The highest BCUT2D eigenvalue weighted by Crippen LogP contribution is 2.15. The van der Waals surface area contributed by atoms with Crippen LogP contribution >= 0.6 is 0 Å². The molecule has 1 rings (SSSR count). The third kappa shape index (κ3) is 4.94. The van der Waals surface area contributed by atoms with Gasteiger partial charge in [-0.1, -0.05) is 0 Å². The van der Waals surface area contributed by atoms with E-state index in [1.54, 1.807) is 0 Å². The van der Waals surface area contributed by atoms with Crippen LogP contribution in [0.1, 0.15) is 26.6 Å². The first kappa shape index (κ1) is 16.7. The molecule has 20 heavy (non-hydrogen) atoms. The van der Waals surface area contributed by atoms with Gasteiger partial charge in [-0.05, 0) is 34.9 Å². The van der Waals surface area contributed by atoms with Crippen molar-refractivity contribution in [1.29, 1.82) is 0 Å². The predicted molar refractivity (Wildman–Crippen MR) is 83.2 cm³/mol. The van der Waals surface area contributed by atoms with Crippen LogP contribution < -0.4 is 10.6 Å². The van der Waals surface area contributed by atoms with Crippen LogP contribution in [-0.2, 0) is 11.3 Å². The monoisotopic (exact) mass is 281 g/mol. The van der Waals surface area contributed by atoms with Gasteiger partial charge in [0.05, 0.1) is 0 Å². The van der Waals surface area contributed by atoms with Gasteiger partial charge in [0.2, 0.25) is 0 Å². The maximum Gasteiger partial charge on any atom is 0.158 e. The summed E-state index contributed by atoms with van der Waals surface area (Å²) in [5, 5.41) is 6.42. The molecule has 0 radical (unpaired) electrons. The molecule has 6 heteroatoms. The maximum atomic E-state index is 5.37. The molecule has 0 amide bonds. The van der Waals surface area contributed by atoms with Crippen LogP contribution in [0.4, 0.5) is 11.6 Å². The first-order valence-electron chi connectivity index (χ1n) is 6.93. The van der Waals surface area contributed by atoms with E-state index in [-0.39, 0.29) is 5.54 Å². The molecule has 1 heterocycles. The summed E-state index contributed by atoms with van der Waals surface area (Å²) in [6.45, 7) is 8.21. The molecule has 0 atom stereocenters. The highest BCUT2D eigenvalue weighted by atomic mass is 16.5. The minimum absolute atomic E-state index is 0.0465. The lowest BCUT2D eigenvalue weighted by Crippen LogP contribution is -2.44. The number of likely N-dealkylation sites (N-methyl/N-ethyl adjacent to an activating group) is 1. The molecule has 0 saturated heterocycles. The quantitative estimate of drug-likeness (QED) is 0.758. The summed E-state index contributed by atoms with van der Waals surface area (Å²) in [4.78, 5) is 11.0. The number of rotatable bonds is 8. The van der Waals surface area contributed by atoms with Crippen LogP contribution in [0.25, 0.3) is 0 Å². The second kappa shape index (κ2) is 7.40. The molecule has 0 bridgehead atoms. The Morgan fingerprint density at radius 2 is 1.90 bits per heavy atom. The van der Waals surface area contributed by atoms with E-state index < -0.39 is 0 Å². The summed E-state index contributed by atoms with van der Waals surface area (Å²) in [6, 6.07) is 1.90. The van der Waals surface area contributed by atoms with Crippen molar-refractivity contribution >= 4 is 11.6 Å². The van der Waals surface area contributed by atoms with E-state index in [0.29, 0.717) is 19.0 Å². The van der Waals surface area contributed by atoms with Gasteiger partial charge in [0, 0.05) is 31.8 Å². The van der Waals surface area contributed by atoms with Crippen molar-refractivity contribution in [2.45, 2.75) is 32.9 Å². The van der Waals surface area contributed by atoms with E-state index in [1.165, 1.54) is 0 Å². The molecule has 1 aromatic rings. The number of anilines is 2. The van der Waals surface area contributed by atoms with E-state index in [2.05, 4.69) is 53.4 Å². The molecular weight excluding hydrogens is 254 g/mol. The zero-order chi connectivity index (χ0) is 15.2. The summed E-state index contributed by atoms with van der Waals surface area (Å²) >= 11 is 0. The lowest BCUT2D eigenvalue weighted by atomic mass is 10.0. The van der Waals surface area contributed by atoms with Crippen molar-refractivity contribution in [3.8, 4) is 0 Å². The number of nitrogens with one attached hydrogen (secondary N) is 2. The zero-order valence-electron chi connectivity index (χ0n) is 13.4. The number of hydrogen-bond donors (Lipinski definition) is 2. The summed E-state index contributed by atoms with van der Waals surface area (Å²) in [5.74, 6) is 2.29. The number of hydrogen-bond acceptors (Lipinski definition) is 6. The molecule has 0 aliphatic carbocycles. The van der Waals surface area contributed by atoms with Gasteiger partial charge in [0.25, 0.3) is 0 Å². The van der Waals surface area contributed by atoms with Crippen molar-refractivity contribution < 1.29 is 4.74 Å². The Balaban J connectivity index is 2.78. The van der Waals surface area contributed by atoms with Crippen LogP contribution in [0.15, 0.2) is 6.07 Å². The van der Waals surface area contributed by atoms with Gasteiger partial charge in [0.1, 0.15) is 18.2 Å². The van der Waals surface area contributed by atoms with Crippen molar-refractivity contribution in [3.63, 3.8) is 0 Å². The second-order valence-electron chi connectivity index (χ2n) is 5.50. The summed E-state index contributed by atoms with van der Waals surface area (Å²) in [6.07, 6.45) is 0. The van der Waals surface area contributed by atoms with Gasteiger partial charge >= 0.3 is 0 Å². The van der Waals surface area contributed by atoms with E-state index in [9.17, 15) is 0 Å². The highest BCUT2D eigenvalue weighted by molar-refractivity contribution is 5.47.